The van der Waals surface area contributed by atoms with Crippen LogP contribution in [0.3, 0.4) is 0 Å². The number of H-pyrrole nitrogens is 1. The van der Waals surface area contributed by atoms with Crippen molar-refractivity contribution in [1.82, 2.24) is 30.7 Å². The second-order valence-corrected chi connectivity index (χ2v) is 11.1. The summed E-state index contributed by atoms with van der Waals surface area (Å²) in [4.78, 5) is 23.4. The third-order valence-electron chi connectivity index (χ3n) is 5.85. The molecule has 0 saturated carbocycles. The van der Waals surface area contributed by atoms with Crippen molar-refractivity contribution in [3.05, 3.63) is 5.82 Å². The van der Waals surface area contributed by atoms with E-state index in [1.54, 1.807) is 0 Å². The summed E-state index contributed by atoms with van der Waals surface area (Å²) in [5, 5.41) is 16.7. The topological polar surface area (TPSA) is 147 Å². The van der Waals surface area contributed by atoms with Gasteiger partial charge in [0, 0.05) is 25.8 Å². The molecule has 0 spiro atoms. The Morgan fingerprint density at radius 3 is 1.86 bits per heavy atom. The maximum Gasteiger partial charge on any atom is 0.234 e. The average Bonchev–Trinajstić information content (AvgIpc) is 3.33. The summed E-state index contributed by atoms with van der Waals surface area (Å²) < 4.78 is 26.0. The number of nitrogens with one attached hydrogen (secondary N) is 3. The minimum atomic E-state index is -3.66. The van der Waals surface area contributed by atoms with Crippen molar-refractivity contribution < 1.29 is 18.0 Å². The third-order valence-corrected chi connectivity index (χ3v) is 7.22. The van der Waals surface area contributed by atoms with Gasteiger partial charge in [-0.15, -0.1) is 10.2 Å². The fourth-order valence-electron chi connectivity index (χ4n) is 3.85. The highest BCUT2D eigenvalue weighted by atomic mass is 32.2. The summed E-state index contributed by atoms with van der Waals surface area (Å²) in [5.41, 5.74) is 0. The molecule has 0 aliphatic rings. The van der Waals surface area contributed by atoms with Gasteiger partial charge in [-0.2, -0.15) is 5.21 Å². The van der Waals surface area contributed by atoms with Gasteiger partial charge in [-0.1, -0.05) is 82.8 Å². The summed E-state index contributed by atoms with van der Waals surface area (Å²) >= 11 is 0. The zero-order valence-electron chi connectivity index (χ0n) is 21.5. The van der Waals surface area contributed by atoms with E-state index in [4.69, 9.17) is 0 Å². The van der Waals surface area contributed by atoms with Crippen LogP contribution in [0.15, 0.2) is 0 Å². The lowest BCUT2D eigenvalue weighted by Crippen LogP contribution is -2.33. The van der Waals surface area contributed by atoms with Crippen LogP contribution in [0.4, 0.5) is 0 Å². The highest BCUT2D eigenvalue weighted by molar-refractivity contribution is 7.90. The normalized spacial score (nSPS) is 11.5. The smallest absolute Gasteiger partial charge is 0.234 e. The summed E-state index contributed by atoms with van der Waals surface area (Å²) in [6.45, 7) is 2.54. The summed E-state index contributed by atoms with van der Waals surface area (Å²) in [7, 11) is -3.66. The number of hydrogen-bond donors (Lipinski definition) is 3. The Kier molecular flexibility index (Phi) is 17.9. The first-order chi connectivity index (χ1) is 16.9. The highest BCUT2D eigenvalue weighted by Gasteiger charge is 2.15. The molecule has 2 amide bonds. The molecule has 10 nitrogen and oxygen atoms in total. The van der Waals surface area contributed by atoms with Gasteiger partial charge in [-0.3, -0.25) is 14.3 Å². The Balaban J connectivity index is 1.85. The number of rotatable bonds is 23. The quantitative estimate of drug-likeness (QED) is 0.187. The molecule has 0 unspecified atom stereocenters. The molecular formula is C24H46N6O4S. The van der Waals surface area contributed by atoms with Crippen LogP contribution in [0.1, 0.15) is 122 Å². The molecule has 11 heteroatoms. The van der Waals surface area contributed by atoms with Crippen LogP contribution in [-0.2, 0) is 26.0 Å². The molecule has 1 aromatic rings. The largest absolute Gasteiger partial charge is 0.356 e. The summed E-state index contributed by atoms with van der Waals surface area (Å²) in [6.07, 6.45) is 17.5. The lowest BCUT2D eigenvalue weighted by atomic mass is 10.0. The van der Waals surface area contributed by atoms with Crippen LogP contribution in [0.5, 0.6) is 0 Å². The molecule has 1 aromatic heterocycles. The van der Waals surface area contributed by atoms with Crippen molar-refractivity contribution in [2.45, 2.75) is 122 Å². The molecule has 0 aliphatic heterocycles. The molecule has 0 radical (unpaired) electrons. The molecule has 0 saturated heterocycles. The molecule has 0 aliphatic carbocycles. The van der Waals surface area contributed by atoms with Gasteiger partial charge in [0.2, 0.25) is 21.8 Å². The molecule has 3 N–H and O–H groups in total. The van der Waals surface area contributed by atoms with Gasteiger partial charge in [0.25, 0.3) is 0 Å². The maximum atomic E-state index is 12.0. The Morgan fingerprint density at radius 2 is 1.31 bits per heavy atom. The van der Waals surface area contributed by atoms with Crippen LogP contribution < -0.4 is 10.0 Å². The number of nitrogens with zero attached hydrogens (tertiary/aromatic N) is 3. The number of tetrazole rings is 1. The van der Waals surface area contributed by atoms with E-state index < -0.39 is 15.9 Å². The third kappa shape index (κ3) is 18.9. The number of aromatic amines is 1. The van der Waals surface area contributed by atoms with Gasteiger partial charge in [0.05, 0.1) is 5.75 Å². The predicted molar refractivity (Wildman–Crippen MR) is 137 cm³/mol. The van der Waals surface area contributed by atoms with Crippen molar-refractivity contribution in [2.75, 3.05) is 12.3 Å². The number of unbranched alkanes of at least 4 members (excludes halogenated alkanes) is 12. The van der Waals surface area contributed by atoms with Gasteiger partial charge >= 0.3 is 0 Å². The first-order valence-corrected chi connectivity index (χ1v) is 15.1. The predicted octanol–water partition coefficient (Wildman–Crippen LogP) is 3.96. The van der Waals surface area contributed by atoms with Gasteiger partial charge in [0.15, 0.2) is 5.82 Å². The number of sulfonamides is 1. The molecule has 202 valence electrons. The molecule has 1 heterocycles. The van der Waals surface area contributed by atoms with Crippen LogP contribution >= 0.6 is 0 Å². The van der Waals surface area contributed by atoms with Gasteiger partial charge in [-0.25, -0.2) is 8.42 Å². The number of aryl methyl sites for hydroxylation is 1. The SMILES string of the molecule is CCCNC(=O)CCCS(=O)(=O)NC(=O)CCCCCCCCCCCCCCCc1nn[nH]n1. The first-order valence-electron chi connectivity index (χ1n) is 13.5. The molecule has 0 bridgehead atoms. The molecule has 35 heavy (non-hydrogen) atoms. The first kappa shape index (κ1) is 31.0. The molecule has 1 rings (SSSR count). The van der Waals surface area contributed by atoms with Crippen LogP contribution in [0.25, 0.3) is 0 Å². The van der Waals surface area contributed by atoms with Crippen LogP contribution in [0.2, 0.25) is 0 Å². The van der Waals surface area contributed by atoms with Gasteiger partial charge in [0.1, 0.15) is 0 Å². The molecular weight excluding hydrogens is 468 g/mol. The maximum absolute atomic E-state index is 12.0. The fourth-order valence-corrected chi connectivity index (χ4v) is 4.93. The Hall–Kier alpha value is -2.04. The number of amides is 2. The number of hydrogen-bond acceptors (Lipinski definition) is 7. The van der Waals surface area contributed by atoms with Gasteiger partial charge < -0.3 is 5.32 Å². The minimum absolute atomic E-state index is 0.151. The average molecular weight is 515 g/mol. The fraction of sp³-hybridized carbons (Fsp3) is 0.875. The van der Waals surface area contributed by atoms with E-state index in [1.165, 1.54) is 51.4 Å². The number of carbonyl (C=O) groups excluding carboxylic acids is 2. The van der Waals surface area contributed by atoms with Crippen LogP contribution in [-0.4, -0.2) is 53.2 Å². The van der Waals surface area contributed by atoms with Crippen molar-refractivity contribution >= 4 is 21.8 Å². The lowest BCUT2D eigenvalue weighted by Gasteiger charge is -2.07. The van der Waals surface area contributed by atoms with E-state index in [9.17, 15) is 18.0 Å². The number of aromatic nitrogens is 4. The van der Waals surface area contributed by atoms with E-state index in [2.05, 4.69) is 30.7 Å². The second-order valence-electron chi connectivity index (χ2n) is 9.22. The number of carbonyl (C=O) groups is 2. The van der Waals surface area contributed by atoms with Crippen molar-refractivity contribution in [1.29, 1.82) is 0 Å². The monoisotopic (exact) mass is 514 g/mol. The standard InChI is InChI=1S/C24H46N6O4S/c1-2-20-25-23(31)19-16-21-35(33,34)28-24(32)18-15-13-11-9-7-5-3-4-6-8-10-12-14-17-22-26-29-30-27-22/h2-21H2,1H3,(H,25,31)(H,28,32)(H,26,27,29,30). The molecule has 0 atom stereocenters. The Morgan fingerprint density at radius 1 is 0.771 bits per heavy atom. The lowest BCUT2D eigenvalue weighted by molar-refractivity contribution is -0.121. The summed E-state index contributed by atoms with van der Waals surface area (Å²) in [5.74, 6) is -0.00875. The van der Waals surface area contributed by atoms with E-state index in [-0.39, 0.29) is 30.9 Å². The van der Waals surface area contributed by atoms with E-state index >= 15 is 0 Å². The second kappa shape index (κ2) is 20.2. The zero-order chi connectivity index (χ0) is 25.6. The molecule has 0 fully saturated rings. The van der Waals surface area contributed by atoms with E-state index in [1.807, 2.05) is 6.92 Å². The van der Waals surface area contributed by atoms with Crippen molar-refractivity contribution in [2.24, 2.45) is 0 Å². The zero-order valence-corrected chi connectivity index (χ0v) is 22.3. The summed E-state index contributed by atoms with van der Waals surface area (Å²) in [6, 6.07) is 0. The molecule has 0 aromatic carbocycles. The Labute approximate surface area is 211 Å². The highest BCUT2D eigenvalue weighted by Crippen LogP contribution is 2.13. The minimum Gasteiger partial charge on any atom is -0.356 e. The van der Waals surface area contributed by atoms with E-state index in [0.717, 1.165) is 44.3 Å². The van der Waals surface area contributed by atoms with Crippen molar-refractivity contribution in [3.8, 4) is 0 Å². The van der Waals surface area contributed by atoms with Crippen LogP contribution in [0, 0.1) is 0 Å². The Bertz CT molecular complexity index is 771. The van der Waals surface area contributed by atoms with Crippen molar-refractivity contribution in [3.63, 3.8) is 0 Å². The van der Waals surface area contributed by atoms with Gasteiger partial charge in [-0.05, 0) is 25.7 Å². The van der Waals surface area contributed by atoms with E-state index in [0.29, 0.717) is 13.0 Å².